The van der Waals surface area contributed by atoms with Crippen LogP contribution in [0.4, 0.5) is 17.6 Å². The van der Waals surface area contributed by atoms with Gasteiger partial charge in [-0.15, -0.1) is 0 Å². The Bertz CT molecular complexity index is 329. The van der Waals surface area contributed by atoms with Crippen LogP contribution in [-0.2, 0) is 0 Å². The molecular formula is C10H19N5. The summed E-state index contributed by atoms with van der Waals surface area (Å²) in [6, 6.07) is 1.85. The topological polar surface area (TPSA) is 75.9 Å². The first-order valence-electron chi connectivity index (χ1n) is 5.07. The van der Waals surface area contributed by atoms with Gasteiger partial charge in [0.15, 0.2) is 0 Å². The van der Waals surface area contributed by atoms with E-state index in [-0.39, 0.29) is 11.5 Å². The zero-order chi connectivity index (χ0) is 11.5. The van der Waals surface area contributed by atoms with Gasteiger partial charge in [0.2, 0.25) is 5.95 Å². The predicted octanol–water partition coefficient (Wildman–Crippen LogP) is 1.70. The monoisotopic (exact) mass is 209 g/mol. The van der Waals surface area contributed by atoms with Crippen molar-refractivity contribution in [1.82, 2.24) is 9.97 Å². The third-order valence-electron chi connectivity index (χ3n) is 1.60. The van der Waals surface area contributed by atoms with Crippen LogP contribution in [0.25, 0.3) is 0 Å². The molecule has 0 aromatic carbocycles. The van der Waals surface area contributed by atoms with Crippen molar-refractivity contribution in [2.45, 2.75) is 33.2 Å². The Morgan fingerprint density at radius 1 is 1.27 bits per heavy atom. The molecule has 0 bridgehead atoms. The molecule has 0 aliphatic heterocycles. The van der Waals surface area contributed by atoms with Gasteiger partial charge in [-0.3, -0.25) is 0 Å². The molecule has 0 aliphatic rings. The van der Waals surface area contributed by atoms with Gasteiger partial charge in [0.25, 0.3) is 0 Å². The molecule has 84 valence electrons. The van der Waals surface area contributed by atoms with Crippen molar-refractivity contribution in [2.75, 3.05) is 22.9 Å². The molecule has 1 rings (SSSR count). The van der Waals surface area contributed by atoms with Crippen molar-refractivity contribution in [3.63, 3.8) is 0 Å². The van der Waals surface area contributed by atoms with Gasteiger partial charge in [-0.05, 0) is 27.7 Å². The minimum Gasteiger partial charge on any atom is -0.370 e. The van der Waals surface area contributed by atoms with Crippen molar-refractivity contribution in [1.29, 1.82) is 0 Å². The van der Waals surface area contributed by atoms with Gasteiger partial charge >= 0.3 is 0 Å². The minimum atomic E-state index is -0.0374. The fraction of sp³-hybridized carbons (Fsp3) is 0.600. The van der Waals surface area contributed by atoms with Gasteiger partial charge in [0.1, 0.15) is 11.6 Å². The number of aromatic nitrogens is 2. The lowest BCUT2D eigenvalue weighted by atomic mass is 10.1. The average Bonchev–Trinajstić information content (AvgIpc) is 1.99. The molecule has 0 aliphatic carbocycles. The Labute approximate surface area is 90.5 Å². The third kappa shape index (κ3) is 4.01. The number of nitrogen functional groups attached to an aromatic ring is 1. The second-order valence-corrected chi connectivity index (χ2v) is 4.40. The summed E-state index contributed by atoms with van der Waals surface area (Å²) < 4.78 is 0. The van der Waals surface area contributed by atoms with Crippen LogP contribution < -0.4 is 16.4 Å². The number of rotatable bonds is 3. The maximum atomic E-state index is 5.61. The first-order chi connectivity index (χ1) is 6.90. The lowest BCUT2D eigenvalue weighted by molar-refractivity contribution is 0.630. The van der Waals surface area contributed by atoms with Crippen LogP contribution in [0, 0.1) is 0 Å². The lowest BCUT2D eigenvalue weighted by Gasteiger charge is -2.21. The summed E-state index contributed by atoms with van der Waals surface area (Å²) in [6.07, 6.45) is 0. The Hall–Kier alpha value is -1.52. The number of nitrogens with zero attached hydrogens (tertiary/aromatic N) is 2. The first-order valence-corrected chi connectivity index (χ1v) is 5.07. The summed E-state index contributed by atoms with van der Waals surface area (Å²) in [4.78, 5) is 8.19. The second kappa shape index (κ2) is 4.33. The third-order valence-corrected chi connectivity index (χ3v) is 1.60. The smallest absolute Gasteiger partial charge is 0.223 e. The van der Waals surface area contributed by atoms with E-state index < -0.39 is 0 Å². The van der Waals surface area contributed by atoms with E-state index in [1.807, 2.05) is 13.0 Å². The summed E-state index contributed by atoms with van der Waals surface area (Å²) in [5.74, 6) is 1.77. The van der Waals surface area contributed by atoms with Crippen LogP contribution in [-0.4, -0.2) is 22.1 Å². The number of nitrogens with one attached hydrogen (secondary N) is 2. The highest BCUT2D eigenvalue weighted by Gasteiger charge is 2.11. The van der Waals surface area contributed by atoms with Crippen LogP contribution in [0.1, 0.15) is 27.7 Å². The molecule has 15 heavy (non-hydrogen) atoms. The van der Waals surface area contributed by atoms with Crippen molar-refractivity contribution in [3.8, 4) is 0 Å². The van der Waals surface area contributed by atoms with Gasteiger partial charge < -0.3 is 16.4 Å². The number of anilines is 3. The quantitative estimate of drug-likeness (QED) is 0.706. The summed E-state index contributed by atoms with van der Waals surface area (Å²) >= 11 is 0. The van der Waals surface area contributed by atoms with Crippen molar-refractivity contribution in [3.05, 3.63) is 6.07 Å². The standard InChI is InChI=1S/C10H19N5/c1-5-12-7-6-8(14-9(11)13-7)15-10(2,3)4/h6H,5H2,1-4H3,(H4,11,12,13,14,15). The second-order valence-electron chi connectivity index (χ2n) is 4.40. The van der Waals surface area contributed by atoms with E-state index in [1.165, 1.54) is 0 Å². The van der Waals surface area contributed by atoms with Gasteiger partial charge in [-0.1, -0.05) is 0 Å². The highest BCUT2D eigenvalue weighted by molar-refractivity contribution is 5.51. The fourth-order valence-corrected chi connectivity index (χ4v) is 1.19. The van der Waals surface area contributed by atoms with E-state index in [4.69, 9.17) is 5.73 Å². The zero-order valence-electron chi connectivity index (χ0n) is 9.76. The Kier molecular flexibility index (Phi) is 3.34. The molecule has 0 atom stereocenters. The summed E-state index contributed by atoms with van der Waals surface area (Å²) in [5, 5.41) is 6.35. The van der Waals surface area contributed by atoms with Crippen molar-refractivity contribution >= 4 is 17.6 Å². The Balaban J connectivity index is 2.88. The van der Waals surface area contributed by atoms with Gasteiger partial charge in [0.05, 0.1) is 0 Å². The molecule has 0 saturated carbocycles. The number of nitrogens with two attached hydrogens (primary N) is 1. The van der Waals surface area contributed by atoms with Crippen molar-refractivity contribution < 1.29 is 0 Å². The summed E-state index contributed by atoms with van der Waals surface area (Å²) in [7, 11) is 0. The highest BCUT2D eigenvalue weighted by Crippen LogP contribution is 2.16. The SMILES string of the molecule is CCNc1cc(NC(C)(C)C)nc(N)n1. The van der Waals surface area contributed by atoms with E-state index in [0.29, 0.717) is 0 Å². The molecule has 0 fully saturated rings. The minimum absolute atomic E-state index is 0.0374. The normalized spacial score (nSPS) is 11.2. The molecular weight excluding hydrogens is 190 g/mol. The average molecular weight is 209 g/mol. The molecule has 4 N–H and O–H groups in total. The molecule has 0 amide bonds. The zero-order valence-corrected chi connectivity index (χ0v) is 9.76. The predicted molar refractivity (Wildman–Crippen MR) is 64.0 cm³/mol. The summed E-state index contributed by atoms with van der Waals surface area (Å²) in [6.45, 7) is 9.02. The van der Waals surface area contributed by atoms with E-state index in [2.05, 4.69) is 41.4 Å². The molecule has 1 aromatic heterocycles. The van der Waals surface area contributed by atoms with Crippen LogP contribution in [0.15, 0.2) is 6.07 Å². The van der Waals surface area contributed by atoms with E-state index in [1.54, 1.807) is 0 Å². The maximum Gasteiger partial charge on any atom is 0.223 e. The Morgan fingerprint density at radius 3 is 2.40 bits per heavy atom. The first kappa shape index (κ1) is 11.6. The Morgan fingerprint density at radius 2 is 1.87 bits per heavy atom. The molecule has 5 nitrogen and oxygen atoms in total. The molecule has 0 saturated heterocycles. The maximum absolute atomic E-state index is 5.61. The molecule has 0 radical (unpaired) electrons. The van der Waals surface area contributed by atoms with Gasteiger partial charge in [-0.2, -0.15) is 9.97 Å². The van der Waals surface area contributed by atoms with E-state index >= 15 is 0 Å². The molecule has 1 heterocycles. The van der Waals surface area contributed by atoms with Crippen LogP contribution >= 0.6 is 0 Å². The number of hydrogen-bond donors (Lipinski definition) is 3. The van der Waals surface area contributed by atoms with Gasteiger partial charge in [0, 0.05) is 18.2 Å². The van der Waals surface area contributed by atoms with Crippen LogP contribution in [0.3, 0.4) is 0 Å². The van der Waals surface area contributed by atoms with Crippen LogP contribution in [0.5, 0.6) is 0 Å². The van der Waals surface area contributed by atoms with Gasteiger partial charge in [-0.25, -0.2) is 0 Å². The molecule has 0 spiro atoms. The van der Waals surface area contributed by atoms with E-state index in [9.17, 15) is 0 Å². The molecule has 0 unspecified atom stereocenters. The van der Waals surface area contributed by atoms with E-state index in [0.717, 1.165) is 18.2 Å². The largest absolute Gasteiger partial charge is 0.370 e. The number of hydrogen-bond acceptors (Lipinski definition) is 5. The summed E-state index contributed by atoms with van der Waals surface area (Å²) in [5.41, 5.74) is 5.57. The fourth-order valence-electron chi connectivity index (χ4n) is 1.19. The highest BCUT2D eigenvalue weighted by atomic mass is 15.1. The van der Waals surface area contributed by atoms with Crippen LogP contribution in [0.2, 0.25) is 0 Å². The molecule has 1 aromatic rings. The van der Waals surface area contributed by atoms with Crippen molar-refractivity contribution in [2.24, 2.45) is 0 Å². The lowest BCUT2D eigenvalue weighted by Crippen LogP contribution is -2.27. The molecule has 5 heteroatoms.